The van der Waals surface area contributed by atoms with E-state index in [0.717, 1.165) is 24.9 Å². The lowest BCUT2D eigenvalue weighted by Gasteiger charge is -2.26. The van der Waals surface area contributed by atoms with Gasteiger partial charge in [0.1, 0.15) is 12.1 Å². The van der Waals surface area contributed by atoms with Gasteiger partial charge < -0.3 is 15.0 Å². The molecule has 5 nitrogen and oxygen atoms in total. The molecule has 1 atom stereocenters. The number of carbonyl (C=O) groups excluding carboxylic acids is 2. The second-order valence-corrected chi connectivity index (χ2v) is 6.51. The number of amides is 2. The summed E-state index contributed by atoms with van der Waals surface area (Å²) in [4.78, 5) is 25.8. The summed E-state index contributed by atoms with van der Waals surface area (Å²) < 4.78 is 5.14. The fraction of sp³-hybridized carbons (Fsp3) is 0.529. The molecule has 5 heteroatoms. The minimum Gasteiger partial charge on any atom is -0.444 e. The highest BCUT2D eigenvalue weighted by Crippen LogP contribution is 2.31. The van der Waals surface area contributed by atoms with Crippen molar-refractivity contribution in [3.8, 4) is 0 Å². The molecule has 0 aromatic heterocycles. The highest BCUT2D eigenvalue weighted by Gasteiger charge is 2.30. The van der Waals surface area contributed by atoms with E-state index in [0.29, 0.717) is 0 Å². The molecule has 1 aliphatic rings. The summed E-state index contributed by atoms with van der Waals surface area (Å²) in [5, 5.41) is 2.54. The Bertz CT molecular complexity index is 522. The third kappa shape index (κ3) is 4.48. The second-order valence-electron chi connectivity index (χ2n) is 6.51. The van der Waals surface area contributed by atoms with E-state index in [4.69, 9.17) is 4.74 Å². The first-order valence-electron chi connectivity index (χ1n) is 7.68. The van der Waals surface area contributed by atoms with Gasteiger partial charge in [0.25, 0.3) is 0 Å². The SMILES string of the molecule is CC(C)(C)OC(=O)NCC(=O)N1CCC[C@@H]1c1ccccc1. The number of hydrogen-bond donors (Lipinski definition) is 1. The van der Waals surface area contributed by atoms with Crippen LogP contribution in [-0.4, -0.2) is 35.6 Å². The number of alkyl carbamates (subject to hydrolysis) is 1. The van der Waals surface area contributed by atoms with Crippen LogP contribution in [0.3, 0.4) is 0 Å². The van der Waals surface area contributed by atoms with Crippen molar-refractivity contribution < 1.29 is 14.3 Å². The number of benzene rings is 1. The molecule has 2 amide bonds. The Morgan fingerprint density at radius 2 is 1.95 bits per heavy atom. The van der Waals surface area contributed by atoms with Gasteiger partial charge in [-0.05, 0) is 39.2 Å². The number of likely N-dealkylation sites (tertiary alicyclic amines) is 1. The van der Waals surface area contributed by atoms with Crippen LogP contribution < -0.4 is 5.32 Å². The fourth-order valence-corrected chi connectivity index (χ4v) is 2.65. The monoisotopic (exact) mass is 304 g/mol. The van der Waals surface area contributed by atoms with Gasteiger partial charge in [-0.3, -0.25) is 4.79 Å². The molecule has 0 unspecified atom stereocenters. The van der Waals surface area contributed by atoms with E-state index in [9.17, 15) is 9.59 Å². The first-order valence-corrected chi connectivity index (χ1v) is 7.68. The maximum absolute atomic E-state index is 12.4. The molecular weight excluding hydrogens is 280 g/mol. The van der Waals surface area contributed by atoms with Crippen LogP contribution >= 0.6 is 0 Å². The van der Waals surface area contributed by atoms with Crippen molar-refractivity contribution in [2.45, 2.75) is 45.3 Å². The molecule has 1 aliphatic heterocycles. The summed E-state index contributed by atoms with van der Waals surface area (Å²) >= 11 is 0. The maximum atomic E-state index is 12.4. The lowest BCUT2D eigenvalue weighted by molar-refractivity contribution is -0.131. The van der Waals surface area contributed by atoms with E-state index >= 15 is 0 Å². The molecule has 0 aliphatic carbocycles. The maximum Gasteiger partial charge on any atom is 0.408 e. The van der Waals surface area contributed by atoms with Crippen LogP contribution in [0.1, 0.15) is 45.2 Å². The molecule has 1 aromatic carbocycles. The highest BCUT2D eigenvalue weighted by atomic mass is 16.6. The van der Waals surface area contributed by atoms with Gasteiger partial charge in [0, 0.05) is 6.54 Å². The zero-order chi connectivity index (χ0) is 16.2. The molecule has 1 heterocycles. The minimum atomic E-state index is -0.562. The molecule has 1 N–H and O–H groups in total. The molecule has 1 aromatic rings. The fourth-order valence-electron chi connectivity index (χ4n) is 2.65. The molecule has 0 saturated carbocycles. The van der Waals surface area contributed by atoms with Crippen LogP contribution in [0.5, 0.6) is 0 Å². The van der Waals surface area contributed by atoms with Crippen molar-refractivity contribution in [1.29, 1.82) is 0 Å². The Kier molecular flexibility index (Phi) is 5.06. The number of nitrogens with zero attached hydrogens (tertiary/aromatic N) is 1. The van der Waals surface area contributed by atoms with Crippen LogP contribution in [0.2, 0.25) is 0 Å². The van der Waals surface area contributed by atoms with Gasteiger partial charge >= 0.3 is 6.09 Å². The molecule has 120 valence electrons. The Labute approximate surface area is 131 Å². The predicted octanol–water partition coefficient (Wildman–Crippen LogP) is 2.87. The van der Waals surface area contributed by atoms with E-state index in [2.05, 4.69) is 5.32 Å². The summed E-state index contributed by atoms with van der Waals surface area (Å²) in [7, 11) is 0. The molecular formula is C17H24N2O3. The van der Waals surface area contributed by atoms with E-state index in [-0.39, 0.29) is 18.5 Å². The Morgan fingerprint density at radius 3 is 2.59 bits per heavy atom. The standard InChI is InChI=1S/C17H24N2O3/c1-17(2,3)22-16(21)18-12-15(20)19-11-7-10-14(19)13-8-5-4-6-9-13/h4-6,8-9,14H,7,10-12H2,1-3H3,(H,18,21)/t14-/m1/s1. The number of carbonyl (C=O) groups is 2. The first kappa shape index (κ1) is 16.3. The van der Waals surface area contributed by atoms with Crippen molar-refractivity contribution in [2.75, 3.05) is 13.1 Å². The van der Waals surface area contributed by atoms with Crippen molar-refractivity contribution in [3.63, 3.8) is 0 Å². The number of hydrogen-bond acceptors (Lipinski definition) is 3. The van der Waals surface area contributed by atoms with Gasteiger partial charge in [0.2, 0.25) is 5.91 Å². The molecule has 2 rings (SSSR count). The zero-order valence-corrected chi connectivity index (χ0v) is 13.5. The van der Waals surface area contributed by atoms with Gasteiger partial charge in [-0.1, -0.05) is 30.3 Å². The van der Waals surface area contributed by atoms with E-state index in [1.54, 1.807) is 20.8 Å². The lowest BCUT2D eigenvalue weighted by Crippen LogP contribution is -2.41. The quantitative estimate of drug-likeness (QED) is 0.934. The van der Waals surface area contributed by atoms with Crippen molar-refractivity contribution in [3.05, 3.63) is 35.9 Å². The van der Waals surface area contributed by atoms with Crippen molar-refractivity contribution in [1.82, 2.24) is 10.2 Å². The summed E-state index contributed by atoms with van der Waals surface area (Å²) in [6, 6.07) is 10.1. The predicted molar refractivity (Wildman–Crippen MR) is 84.4 cm³/mol. The minimum absolute atomic E-state index is 0.0295. The topological polar surface area (TPSA) is 58.6 Å². The first-order chi connectivity index (χ1) is 10.4. The number of nitrogens with one attached hydrogen (secondary N) is 1. The summed E-state index contributed by atoms with van der Waals surface area (Å²) in [5.41, 5.74) is 0.582. The lowest BCUT2D eigenvalue weighted by atomic mass is 10.0. The summed E-state index contributed by atoms with van der Waals surface area (Å²) in [6.07, 6.45) is 1.39. The number of ether oxygens (including phenoxy) is 1. The normalized spacial score (nSPS) is 18.1. The highest BCUT2D eigenvalue weighted by molar-refractivity contribution is 5.82. The van der Waals surface area contributed by atoms with E-state index < -0.39 is 11.7 Å². The van der Waals surface area contributed by atoms with Crippen LogP contribution in [0.25, 0.3) is 0 Å². The van der Waals surface area contributed by atoms with Gasteiger partial charge in [0.05, 0.1) is 6.04 Å². The van der Waals surface area contributed by atoms with Crippen LogP contribution in [0.4, 0.5) is 4.79 Å². The Balaban J connectivity index is 1.90. The third-order valence-corrected chi connectivity index (χ3v) is 3.54. The molecule has 22 heavy (non-hydrogen) atoms. The molecule has 1 saturated heterocycles. The summed E-state index contributed by atoms with van der Waals surface area (Å²) in [6.45, 7) is 6.08. The van der Waals surface area contributed by atoms with Crippen LogP contribution in [0.15, 0.2) is 30.3 Å². The van der Waals surface area contributed by atoms with Crippen LogP contribution in [0, 0.1) is 0 Å². The van der Waals surface area contributed by atoms with Crippen LogP contribution in [-0.2, 0) is 9.53 Å². The molecule has 0 bridgehead atoms. The molecule has 0 spiro atoms. The summed E-state index contributed by atoms with van der Waals surface area (Å²) in [5.74, 6) is -0.0720. The van der Waals surface area contributed by atoms with Gasteiger partial charge in [-0.25, -0.2) is 4.79 Å². The third-order valence-electron chi connectivity index (χ3n) is 3.54. The van der Waals surface area contributed by atoms with E-state index in [1.165, 1.54) is 0 Å². The van der Waals surface area contributed by atoms with Gasteiger partial charge in [0.15, 0.2) is 0 Å². The second kappa shape index (κ2) is 6.81. The smallest absolute Gasteiger partial charge is 0.408 e. The zero-order valence-electron chi connectivity index (χ0n) is 13.5. The Hall–Kier alpha value is -2.04. The number of rotatable bonds is 3. The van der Waals surface area contributed by atoms with Crippen molar-refractivity contribution in [2.24, 2.45) is 0 Å². The largest absolute Gasteiger partial charge is 0.444 e. The molecule has 1 fully saturated rings. The van der Waals surface area contributed by atoms with E-state index in [1.807, 2.05) is 35.2 Å². The molecule has 0 radical (unpaired) electrons. The average Bonchev–Trinajstić information content (AvgIpc) is 2.93. The van der Waals surface area contributed by atoms with Gasteiger partial charge in [-0.15, -0.1) is 0 Å². The average molecular weight is 304 g/mol. The van der Waals surface area contributed by atoms with Crippen molar-refractivity contribution >= 4 is 12.0 Å². The Morgan fingerprint density at radius 1 is 1.27 bits per heavy atom. The van der Waals surface area contributed by atoms with Gasteiger partial charge in [-0.2, -0.15) is 0 Å².